The van der Waals surface area contributed by atoms with Gasteiger partial charge in [-0.1, -0.05) is 0 Å². The number of rotatable bonds is 2. The van der Waals surface area contributed by atoms with Crippen LogP contribution in [-0.4, -0.2) is 42.6 Å². The normalized spacial score (nSPS) is 36.7. The van der Waals surface area contributed by atoms with E-state index >= 15 is 0 Å². The highest BCUT2D eigenvalue weighted by Crippen LogP contribution is 2.19. The van der Waals surface area contributed by atoms with Crippen LogP contribution in [0, 0.1) is 0 Å². The largest absolute Gasteiger partial charge is 0.377 e. The summed E-state index contributed by atoms with van der Waals surface area (Å²) in [4.78, 5) is 2.44. The van der Waals surface area contributed by atoms with E-state index in [1.807, 2.05) is 0 Å². The number of likely N-dealkylation sites (tertiary alicyclic amines) is 1. The van der Waals surface area contributed by atoms with Crippen LogP contribution < -0.4 is 0 Å². The Balaban J connectivity index is 1.71. The fourth-order valence-corrected chi connectivity index (χ4v) is 2.48. The van der Waals surface area contributed by atoms with Crippen molar-refractivity contribution in [3.8, 4) is 0 Å². The Bertz CT molecular complexity index is 156. The molecule has 0 bridgehead atoms. The van der Waals surface area contributed by atoms with Crippen LogP contribution in [0.3, 0.4) is 0 Å². The van der Waals surface area contributed by atoms with E-state index < -0.39 is 0 Å². The van der Waals surface area contributed by atoms with Crippen LogP contribution in [0.2, 0.25) is 0 Å². The van der Waals surface area contributed by atoms with Gasteiger partial charge in [0.2, 0.25) is 0 Å². The average Bonchev–Trinajstić information content (AvgIpc) is 2.53. The molecule has 2 unspecified atom stereocenters. The molecule has 0 saturated carbocycles. The van der Waals surface area contributed by atoms with E-state index in [0.29, 0.717) is 11.5 Å². The molecule has 0 aromatic heterocycles. The molecule has 2 heterocycles. The molecular weight excluding hydrogens is 186 g/mol. The number of hydrogen-bond acceptors (Lipinski definition) is 2. The van der Waals surface area contributed by atoms with Gasteiger partial charge in [-0.25, -0.2) is 0 Å². The summed E-state index contributed by atoms with van der Waals surface area (Å²) in [6, 6.07) is 0. The zero-order valence-corrected chi connectivity index (χ0v) is 8.80. The number of halogens is 1. The molecule has 2 saturated heterocycles. The van der Waals surface area contributed by atoms with E-state index in [2.05, 4.69) is 4.90 Å². The number of nitrogens with zero attached hydrogens (tertiary/aromatic N) is 1. The predicted octanol–water partition coefficient (Wildman–Crippen LogP) is 1.87. The predicted molar refractivity (Wildman–Crippen MR) is 54.3 cm³/mol. The third-order valence-electron chi connectivity index (χ3n) is 2.95. The first-order chi connectivity index (χ1) is 6.34. The third kappa shape index (κ3) is 2.83. The van der Waals surface area contributed by atoms with Gasteiger partial charge in [0.15, 0.2) is 0 Å². The molecule has 0 aromatic carbocycles. The van der Waals surface area contributed by atoms with Gasteiger partial charge in [0.05, 0.1) is 6.10 Å². The van der Waals surface area contributed by atoms with Gasteiger partial charge < -0.3 is 4.74 Å². The SMILES string of the molecule is ClC1CCN(CC2CCCCO2)C1. The monoisotopic (exact) mass is 203 g/mol. The summed E-state index contributed by atoms with van der Waals surface area (Å²) in [5.41, 5.74) is 0. The van der Waals surface area contributed by atoms with Crippen LogP contribution in [0.1, 0.15) is 25.7 Å². The average molecular weight is 204 g/mol. The van der Waals surface area contributed by atoms with Crippen molar-refractivity contribution < 1.29 is 4.74 Å². The molecule has 0 amide bonds. The van der Waals surface area contributed by atoms with Crippen molar-refractivity contribution >= 4 is 11.6 Å². The summed E-state index contributed by atoms with van der Waals surface area (Å²) in [6.45, 7) is 4.28. The zero-order valence-electron chi connectivity index (χ0n) is 8.04. The van der Waals surface area contributed by atoms with Gasteiger partial charge in [0.1, 0.15) is 0 Å². The first-order valence-corrected chi connectivity index (χ1v) is 5.76. The fourth-order valence-electron chi connectivity index (χ4n) is 2.19. The van der Waals surface area contributed by atoms with Crippen molar-refractivity contribution in [1.29, 1.82) is 0 Å². The van der Waals surface area contributed by atoms with E-state index in [9.17, 15) is 0 Å². The Morgan fingerprint density at radius 2 is 2.23 bits per heavy atom. The van der Waals surface area contributed by atoms with Crippen molar-refractivity contribution in [2.24, 2.45) is 0 Å². The minimum absolute atomic E-state index is 0.378. The van der Waals surface area contributed by atoms with Crippen molar-refractivity contribution in [2.75, 3.05) is 26.2 Å². The third-order valence-corrected chi connectivity index (χ3v) is 3.31. The maximum Gasteiger partial charge on any atom is 0.0702 e. The number of alkyl halides is 1. The van der Waals surface area contributed by atoms with Gasteiger partial charge >= 0.3 is 0 Å². The molecule has 0 aromatic rings. The summed E-state index contributed by atoms with van der Waals surface area (Å²) in [6.07, 6.45) is 5.45. The molecule has 0 radical (unpaired) electrons. The van der Waals surface area contributed by atoms with Crippen molar-refractivity contribution in [3.05, 3.63) is 0 Å². The molecule has 2 atom stereocenters. The number of hydrogen-bond donors (Lipinski definition) is 0. The maximum absolute atomic E-state index is 6.04. The molecule has 3 heteroatoms. The summed E-state index contributed by atoms with van der Waals surface area (Å²) in [5.74, 6) is 0. The Labute approximate surface area is 85.2 Å². The smallest absolute Gasteiger partial charge is 0.0702 e. The first-order valence-electron chi connectivity index (χ1n) is 5.32. The molecule has 76 valence electrons. The molecule has 2 aliphatic rings. The molecule has 13 heavy (non-hydrogen) atoms. The zero-order chi connectivity index (χ0) is 9.10. The van der Waals surface area contributed by atoms with E-state index in [4.69, 9.17) is 16.3 Å². The topological polar surface area (TPSA) is 12.5 Å². The van der Waals surface area contributed by atoms with E-state index in [-0.39, 0.29) is 0 Å². The van der Waals surface area contributed by atoms with Gasteiger partial charge in [-0.2, -0.15) is 0 Å². The van der Waals surface area contributed by atoms with E-state index in [0.717, 1.165) is 32.7 Å². The molecule has 2 fully saturated rings. The highest BCUT2D eigenvalue weighted by atomic mass is 35.5. The van der Waals surface area contributed by atoms with Crippen LogP contribution >= 0.6 is 11.6 Å². The highest BCUT2D eigenvalue weighted by Gasteiger charge is 2.24. The van der Waals surface area contributed by atoms with Crippen LogP contribution in [0.25, 0.3) is 0 Å². The maximum atomic E-state index is 6.04. The van der Waals surface area contributed by atoms with E-state index in [1.165, 1.54) is 19.3 Å². The van der Waals surface area contributed by atoms with Crippen LogP contribution in [0.4, 0.5) is 0 Å². The van der Waals surface area contributed by atoms with Gasteiger partial charge in [-0.3, -0.25) is 4.90 Å². The fraction of sp³-hybridized carbons (Fsp3) is 1.00. The molecular formula is C10H18ClNO. The summed E-state index contributed by atoms with van der Waals surface area (Å²) in [7, 11) is 0. The Morgan fingerprint density at radius 1 is 1.31 bits per heavy atom. The van der Waals surface area contributed by atoms with Gasteiger partial charge in [0.25, 0.3) is 0 Å². The molecule has 0 aliphatic carbocycles. The minimum Gasteiger partial charge on any atom is -0.377 e. The van der Waals surface area contributed by atoms with Crippen molar-refractivity contribution in [2.45, 2.75) is 37.2 Å². The minimum atomic E-state index is 0.378. The van der Waals surface area contributed by atoms with Gasteiger partial charge in [0, 0.05) is 25.1 Å². The number of ether oxygens (including phenoxy) is 1. The Kier molecular flexibility index (Phi) is 3.47. The van der Waals surface area contributed by atoms with Crippen molar-refractivity contribution in [3.63, 3.8) is 0 Å². The molecule has 0 N–H and O–H groups in total. The van der Waals surface area contributed by atoms with Gasteiger partial charge in [-0.05, 0) is 32.2 Å². The first kappa shape index (κ1) is 9.75. The van der Waals surface area contributed by atoms with Crippen LogP contribution in [-0.2, 0) is 4.74 Å². The summed E-state index contributed by atoms with van der Waals surface area (Å²) in [5, 5.41) is 0.378. The van der Waals surface area contributed by atoms with Crippen LogP contribution in [0.15, 0.2) is 0 Å². The second-order valence-electron chi connectivity index (χ2n) is 4.13. The quantitative estimate of drug-likeness (QED) is 0.636. The highest BCUT2D eigenvalue weighted by molar-refractivity contribution is 6.20. The second kappa shape index (κ2) is 4.63. The Morgan fingerprint density at radius 3 is 2.85 bits per heavy atom. The lowest BCUT2D eigenvalue weighted by Gasteiger charge is -2.26. The molecule has 2 nitrogen and oxygen atoms in total. The second-order valence-corrected chi connectivity index (χ2v) is 4.75. The molecule has 0 spiro atoms. The summed E-state index contributed by atoms with van der Waals surface area (Å²) >= 11 is 6.04. The standard InChI is InChI=1S/C10H18ClNO/c11-9-4-5-12(7-9)8-10-3-1-2-6-13-10/h9-10H,1-8H2. The van der Waals surface area contributed by atoms with Crippen molar-refractivity contribution in [1.82, 2.24) is 4.90 Å². The summed E-state index contributed by atoms with van der Waals surface area (Å²) < 4.78 is 5.69. The Hall–Kier alpha value is 0.210. The molecule has 2 aliphatic heterocycles. The van der Waals surface area contributed by atoms with Crippen LogP contribution in [0.5, 0.6) is 0 Å². The lowest BCUT2D eigenvalue weighted by Crippen LogP contribution is -2.34. The van der Waals surface area contributed by atoms with E-state index in [1.54, 1.807) is 0 Å². The molecule has 2 rings (SSSR count). The lowest BCUT2D eigenvalue weighted by molar-refractivity contribution is -0.00177. The lowest BCUT2D eigenvalue weighted by atomic mass is 10.1. The van der Waals surface area contributed by atoms with Gasteiger partial charge in [-0.15, -0.1) is 11.6 Å².